The second kappa shape index (κ2) is 7.60. The van der Waals surface area contributed by atoms with Gasteiger partial charge in [-0.05, 0) is 18.2 Å². The van der Waals surface area contributed by atoms with E-state index in [0.29, 0.717) is 17.7 Å². The number of nitriles is 1. The molecule has 2 atom stereocenters. The van der Waals surface area contributed by atoms with Crippen LogP contribution in [-0.2, 0) is 4.79 Å². The summed E-state index contributed by atoms with van der Waals surface area (Å²) in [5, 5.41) is 22.5. The minimum atomic E-state index is -0.736. The molecule has 1 aromatic carbocycles. The van der Waals surface area contributed by atoms with Gasteiger partial charge >= 0.3 is 0 Å². The van der Waals surface area contributed by atoms with Crippen molar-refractivity contribution < 1.29 is 9.72 Å². The average molecular weight is 310 g/mol. The molecule has 0 bridgehead atoms. The van der Waals surface area contributed by atoms with E-state index in [4.69, 9.17) is 16.9 Å². The fourth-order valence-corrected chi connectivity index (χ4v) is 2.31. The van der Waals surface area contributed by atoms with E-state index in [1.54, 1.807) is 19.9 Å². The van der Waals surface area contributed by atoms with Crippen molar-refractivity contribution in [3.8, 4) is 6.07 Å². The zero-order valence-electron chi connectivity index (χ0n) is 11.8. The maximum Gasteiger partial charge on any atom is 0.224 e. The monoisotopic (exact) mass is 309 g/mol. The number of anilines is 1. The lowest BCUT2D eigenvalue weighted by Crippen LogP contribution is -2.29. The smallest absolute Gasteiger partial charge is 0.224 e. The molecule has 0 saturated carbocycles. The molecule has 0 aliphatic carbocycles. The lowest BCUT2D eigenvalue weighted by atomic mass is 9.96. The minimum Gasteiger partial charge on any atom is -0.326 e. The first-order valence-corrected chi connectivity index (χ1v) is 6.89. The molecule has 112 valence electrons. The topological polar surface area (TPSA) is 96.0 Å². The molecule has 1 amide bonds. The summed E-state index contributed by atoms with van der Waals surface area (Å²) in [7, 11) is 0. The molecule has 0 fully saturated rings. The van der Waals surface area contributed by atoms with Gasteiger partial charge in [0.15, 0.2) is 0 Å². The molecule has 0 aliphatic rings. The number of hydrogen-bond donors (Lipinski definition) is 1. The first kappa shape index (κ1) is 16.9. The molecule has 1 rings (SSSR count). The summed E-state index contributed by atoms with van der Waals surface area (Å²) in [5.74, 6) is -0.678. The molecular weight excluding hydrogens is 294 g/mol. The van der Waals surface area contributed by atoms with Gasteiger partial charge in [-0.2, -0.15) is 5.26 Å². The van der Waals surface area contributed by atoms with E-state index in [2.05, 4.69) is 5.32 Å². The van der Waals surface area contributed by atoms with Crippen LogP contribution in [0.15, 0.2) is 18.2 Å². The van der Waals surface area contributed by atoms with Crippen molar-refractivity contribution >= 4 is 23.2 Å². The van der Waals surface area contributed by atoms with Crippen molar-refractivity contribution in [1.82, 2.24) is 0 Å². The van der Waals surface area contributed by atoms with Crippen LogP contribution in [0.3, 0.4) is 0 Å². The van der Waals surface area contributed by atoms with E-state index in [-0.39, 0.29) is 28.2 Å². The molecule has 6 nitrogen and oxygen atoms in total. The number of nitrogens with zero attached hydrogens (tertiary/aromatic N) is 2. The van der Waals surface area contributed by atoms with Crippen molar-refractivity contribution in [3.05, 3.63) is 38.9 Å². The maximum absolute atomic E-state index is 11.9. The molecule has 7 heteroatoms. The van der Waals surface area contributed by atoms with Crippen LogP contribution in [0, 0.1) is 27.4 Å². The highest BCUT2D eigenvalue weighted by molar-refractivity contribution is 6.32. The van der Waals surface area contributed by atoms with Gasteiger partial charge < -0.3 is 5.32 Å². The van der Waals surface area contributed by atoms with Gasteiger partial charge in [0.2, 0.25) is 11.9 Å². The third-order valence-corrected chi connectivity index (χ3v) is 3.54. The summed E-state index contributed by atoms with van der Waals surface area (Å²) in [6, 6.07) is 5.74. The Labute approximate surface area is 127 Å². The molecule has 0 saturated heterocycles. The second-order valence-corrected chi connectivity index (χ2v) is 5.20. The summed E-state index contributed by atoms with van der Waals surface area (Å²) in [5.41, 5.74) is 0.785. The number of nitrogens with one attached hydrogen (secondary N) is 1. The Hall–Kier alpha value is -2.13. The fourth-order valence-electron chi connectivity index (χ4n) is 2.08. The number of rotatable bonds is 6. The van der Waals surface area contributed by atoms with E-state index in [0.717, 1.165) is 0 Å². The molecule has 0 aliphatic heterocycles. The minimum absolute atomic E-state index is 0.0527. The Bertz CT molecular complexity index is 583. The molecule has 0 aromatic heterocycles. The van der Waals surface area contributed by atoms with Gasteiger partial charge in [0.25, 0.3) is 0 Å². The van der Waals surface area contributed by atoms with Crippen LogP contribution in [0.5, 0.6) is 0 Å². The fraction of sp³-hybridized carbons (Fsp3) is 0.429. The van der Waals surface area contributed by atoms with Crippen LogP contribution >= 0.6 is 11.6 Å². The quantitative estimate of drug-likeness (QED) is 0.644. The number of benzene rings is 1. The Morgan fingerprint density at radius 3 is 2.71 bits per heavy atom. The van der Waals surface area contributed by atoms with Gasteiger partial charge in [-0.15, -0.1) is 0 Å². The van der Waals surface area contributed by atoms with Crippen LogP contribution in [0.4, 0.5) is 5.69 Å². The van der Waals surface area contributed by atoms with E-state index >= 15 is 0 Å². The summed E-state index contributed by atoms with van der Waals surface area (Å²) < 4.78 is 0. The SMILES string of the molecule is CC[C@H]([C@H](C)CC(=O)Nc1ccc(C#N)c(Cl)c1)[N+](=O)[O-]. The van der Waals surface area contributed by atoms with Crippen molar-refractivity contribution in [1.29, 1.82) is 5.26 Å². The summed E-state index contributed by atoms with van der Waals surface area (Å²) >= 11 is 5.87. The first-order valence-electron chi connectivity index (χ1n) is 6.52. The molecule has 0 unspecified atom stereocenters. The number of hydrogen-bond acceptors (Lipinski definition) is 4. The van der Waals surface area contributed by atoms with Gasteiger partial charge in [-0.1, -0.05) is 25.4 Å². The normalized spacial score (nSPS) is 13.0. The van der Waals surface area contributed by atoms with Crippen LogP contribution in [0.2, 0.25) is 5.02 Å². The van der Waals surface area contributed by atoms with Crippen LogP contribution in [-0.4, -0.2) is 16.9 Å². The van der Waals surface area contributed by atoms with E-state index in [1.807, 2.05) is 6.07 Å². The first-order chi connectivity index (χ1) is 9.88. The van der Waals surface area contributed by atoms with Crippen molar-refractivity contribution in [2.24, 2.45) is 5.92 Å². The van der Waals surface area contributed by atoms with Crippen LogP contribution < -0.4 is 5.32 Å². The summed E-state index contributed by atoms with van der Waals surface area (Å²) in [4.78, 5) is 22.4. The third kappa shape index (κ3) is 4.72. The lowest BCUT2D eigenvalue weighted by Gasteiger charge is -2.15. The molecule has 0 radical (unpaired) electrons. The summed E-state index contributed by atoms with van der Waals surface area (Å²) in [6.45, 7) is 3.41. The standard InChI is InChI=1S/C14H16ClN3O3/c1-3-13(18(20)21)9(2)6-14(19)17-11-5-4-10(8-16)12(15)7-11/h4-5,7,9,13H,3,6H2,1-2H3,(H,17,19)/t9-,13-/m1/s1. The molecule has 1 N–H and O–H groups in total. The summed E-state index contributed by atoms with van der Waals surface area (Å²) in [6.07, 6.45) is 0.432. The van der Waals surface area contributed by atoms with Gasteiger partial charge in [0.1, 0.15) is 6.07 Å². The lowest BCUT2D eigenvalue weighted by molar-refractivity contribution is -0.531. The number of nitro groups is 1. The highest BCUT2D eigenvalue weighted by Crippen LogP contribution is 2.21. The van der Waals surface area contributed by atoms with Crippen molar-refractivity contribution in [2.45, 2.75) is 32.7 Å². The zero-order valence-corrected chi connectivity index (χ0v) is 12.6. The van der Waals surface area contributed by atoms with Crippen LogP contribution in [0.1, 0.15) is 32.3 Å². The van der Waals surface area contributed by atoms with E-state index in [1.165, 1.54) is 12.1 Å². The molecular formula is C14H16ClN3O3. The number of halogens is 1. The Kier molecular flexibility index (Phi) is 6.12. The number of carbonyl (C=O) groups excluding carboxylic acids is 1. The van der Waals surface area contributed by atoms with E-state index in [9.17, 15) is 14.9 Å². The molecule has 0 heterocycles. The Balaban J connectivity index is 2.68. The van der Waals surface area contributed by atoms with Gasteiger partial charge in [0, 0.05) is 29.4 Å². The van der Waals surface area contributed by atoms with Gasteiger partial charge in [-0.3, -0.25) is 14.9 Å². The maximum atomic E-state index is 11.9. The molecule has 21 heavy (non-hydrogen) atoms. The molecule has 1 aromatic rings. The number of carbonyl (C=O) groups is 1. The Morgan fingerprint density at radius 1 is 1.57 bits per heavy atom. The van der Waals surface area contributed by atoms with E-state index < -0.39 is 6.04 Å². The molecule has 0 spiro atoms. The number of amides is 1. The van der Waals surface area contributed by atoms with Crippen LogP contribution in [0.25, 0.3) is 0 Å². The van der Waals surface area contributed by atoms with Gasteiger partial charge in [0.05, 0.1) is 10.6 Å². The van der Waals surface area contributed by atoms with Crippen molar-refractivity contribution in [2.75, 3.05) is 5.32 Å². The van der Waals surface area contributed by atoms with Gasteiger partial charge in [-0.25, -0.2) is 0 Å². The second-order valence-electron chi connectivity index (χ2n) is 4.80. The zero-order chi connectivity index (χ0) is 16.0. The predicted octanol–water partition coefficient (Wildman–Crippen LogP) is 3.23. The third-order valence-electron chi connectivity index (χ3n) is 3.23. The average Bonchev–Trinajstić information content (AvgIpc) is 2.38. The van der Waals surface area contributed by atoms with Crippen molar-refractivity contribution in [3.63, 3.8) is 0 Å². The predicted molar refractivity (Wildman–Crippen MR) is 79.7 cm³/mol. The highest BCUT2D eigenvalue weighted by Gasteiger charge is 2.27. The largest absolute Gasteiger partial charge is 0.326 e. The highest BCUT2D eigenvalue weighted by atomic mass is 35.5. The Morgan fingerprint density at radius 2 is 2.24 bits per heavy atom.